The van der Waals surface area contributed by atoms with Crippen LogP contribution in [0.5, 0.6) is 5.75 Å². The highest BCUT2D eigenvalue weighted by atomic mass is 32.2. The molecule has 0 spiro atoms. The molecule has 1 heterocycles. The smallest absolute Gasteiger partial charge is 0.118 e. The van der Waals surface area contributed by atoms with E-state index in [-0.39, 0.29) is 0 Å². The van der Waals surface area contributed by atoms with E-state index in [1.54, 1.807) is 18.9 Å². The molecule has 2 rings (SSSR count). The molecular weight excluding hydrogens is 256 g/mol. The fraction of sp³-hybridized carbons (Fsp3) is 0.267. The molecule has 19 heavy (non-hydrogen) atoms. The molecule has 2 aromatic rings. The van der Waals surface area contributed by atoms with Crippen molar-refractivity contribution in [2.75, 3.05) is 13.7 Å². The Kier molecular flexibility index (Phi) is 5.24. The lowest BCUT2D eigenvalue weighted by molar-refractivity contribution is 0.414. The average molecular weight is 274 g/mol. The van der Waals surface area contributed by atoms with Crippen LogP contribution in [0.2, 0.25) is 0 Å². The molecule has 1 aromatic carbocycles. The summed E-state index contributed by atoms with van der Waals surface area (Å²) < 4.78 is 5.16. The average Bonchev–Trinajstić information content (AvgIpc) is 2.47. The van der Waals surface area contributed by atoms with Crippen molar-refractivity contribution >= 4 is 11.8 Å². The minimum absolute atomic E-state index is 0.850. The second-order valence-corrected chi connectivity index (χ2v) is 5.09. The quantitative estimate of drug-likeness (QED) is 0.876. The molecule has 0 saturated carbocycles. The minimum Gasteiger partial charge on any atom is -0.497 e. The van der Waals surface area contributed by atoms with E-state index in [1.807, 2.05) is 24.4 Å². The third-order valence-electron chi connectivity index (χ3n) is 2.69. The van der Waals surface area contributed by atoms with Crippen LogP contribution in [0.15, 0.2) is 52.5 Å². The molecule has 0 fully saturated rings. The number of nitrogens with zero attached hydrogens (tertiary/aromatic N) is 1. The highest BCUT2D eigenvalue weighted by Gasteiger charge is 2.05. The predicted molar refractivity (Wildman–Crippen MR) is 78.7 cm³/mol. The topological polar surface area (TPSA) is 34.2 Å². The number of benzene rings is 1. The van der Waals surface area contributed by atoms with E-state index in [9.17, 15) is 0 Å². The summed E-state index contributed by atoms with van der Waals surface area (Å²) in [5.74, 6) is 0.873. The van der Waals surface area contributed by atoms with Gasteiger partial charge in [-0.2, -0.15) is 0 Å². The van der Waals surface area contributed by atoms with Crippen LogP contribution >= 0.6 is 11.8 Å². The van der Waals surface area contributed by atoms with Gasteiger partial charge in [0, 0.05) is 17.6 Å². The molecule has 0 atom stereocenters. The fourth-order valence-electron chi connectivity index (χ4n) is 1.67. The normalized spacial score (nSPS) is 10.4. The van der Waals surface area contributed by atoms with Crippen LogP contribution in [0.25, 0.3) is 0 Å². The highest BCUT2D eigenvalue weighted by molar-refractivity contribution is 7.99. The first-order valence-corrected chi connectivity index (χ1v) is 7.11. The van der Waals surface area contributed by atoms with Crippen LogP contribution in [0.3, 0.4) is 0 Å². The summed E-state index contributed by atoms with van der Waals surface area (Å²) in [6.07, 6.45) is 1.83. The van der Waals surface area contributed by atoms with Gasteiger partial charge in [-0.15, -0.1) is 0 Å². The van der Waals surface area contributed by atoms with Crippen molar-refractivity contribution in [1.82, 2.24) is 10.3 Å². The first kappa shape index (κ1) is 13.9. The molecule has 0 aliphatic rings. The molecule has 100 valence electrons. The number of hydrogen-bond acceptors (Lipinski definition) is 4. The van der Waals surface area contributed by atoms with Crippen molar-refractivity contribution < 1.29 is 4.74 Å². The zero-order valence-corrected chi connectivity index (χ0v) is 12.0. The third kappa shape index (κ3) is 3.98. The Balaban J connectivity index is 2.12. The summed E-state index contributed by atoms with van der Waals surface area (Å²) >= 11 is 1.68. The molecule has 0 bridgehead atoms. The Hall–Kier alpha value is -1.52. The lowest BCUT2D eigenvalue weighted by atomic mass is 10.3. The SMILES string of the molecule is CCNCc1cccnc1Sc1ccc(OC)cc1. The van der Waals surface area contributed by atoms with Gasteiger partial charge in [0.1, 0.15) is 10.8 Å². The Bertz CT molecular complexity index is 514. The Morgan fingerprint density at radius 3 is 2.68 bits per heavy atom. The first-order valence-electron chi connectivity index (χ1n) is 6.30. The van der Waals surface area contributed by atoms with Crippen LogP contribution in [0, 0.1) is 0 Å². The van der Waals surface area contributed by atoms with Crippen LogP contribution < -0.4 is 10.1 Å². The zero-order valence-electron chi connectivity index (χ0n) is 11.2. The van der Waals surface area contributed by atoms with Gasteiger partial charge in [0.15, 0.2) is 0 Å². The summed E-state index contributed by atoms with van der Waals surface area (Å²) in [6, 6.07) is 12.1. The summed E-state index contributed by atoms with van der Waals surface area (Å²) in [6.45, 7) is 3.91. The van der Waals surface area contributed by atoms with Crippen molar-refractivity contribution in [2.45, 2.75) is 23.4 Å². The summed E-state index contributed by atoms with van der Waals surface area (Å²) in [4.78, 5) is 5.63. The van der Waals surface area contributed by atoms with Crippen molar-refractivity contribution in [3.8, 4) is 5.75 Å². The van der Waals surface area contributed by atoms with Crippen molar-refractivity contribution in [2.24, 2.45) is 0 Å². The predicted octanol–water partition coefficient (Wildman–Crippen LogP) is 3.35. The Morgan fingerprint density at radius 2 is 2.00 bits per heavy atom. The highest BCUT2D eigenvalue weighted by Crippen LogP contribution is 2.29. The number of rotatable bonds is 6. The Morgan fingerprint density at radius 1 is 1.21 bits per heavy atom. The second-order valence-electron chi connectivity index (χ2n) is 4.03. The maximum atomic E-state index is 5.16. The first-order chi connectivity index (χ1) is 9.33. The molecule has 0 amide bonds. The molecule has 1 aromatic heterocycles. The molecule has 4 heteroatoms. The van der Waals surface area contributed by atoms with E-state index >= 15 is 0 Å². The number of methoxy groups -OCH3 is 1. The molecular formula is C15H18N2OS. The van der Waals surface area contributed by atoms with Gasteiger partial charge in [-0.25, -0.2) is 4.98 Å². The van der Waals surface area contributed by atoms with Gasteiger partial charge < -0.3 is 10.1 Å². The zero-order chi connectivity index (χ0) is 13.5. The van der Waals surface area contributed by atoms with Crippen molar-refractivity contribution in [1.29, 1.82) is 0 Å². The molecule has 0 aliphatic carbocycles. The summed E-state index contributed by atoms with van der Waals surface area (Å²) in [5, 5.41) is 4.39. The van der Waals surface area contributed by atoms with Crippen molar-refractivity contribution in [3.63, 3.8) is 0 Å². The largest absolute Gasteiger partial charge is 0.497 e. The van der Waals surface area contributed by atoms with Gasteiger partial charge in [0.2, 0.25) is 0 Å². The minimum atomic E-state index is 0.850. The summed E-state index contributed by atoms with van der Waals surface area (Å²) in [7, 11) is 1.68. The molecule has 1 N–H and O–H groups in total. The lowest BCUT2D eigenvalue weighted by Gasteiger charge is -2.08. The van der Waals surface area contributed by atoms with Gasteiger partial charge in [0.25, 0.3) is 0 Å². The van der Waals surface area contributed by atoms with Crippen LogP contribution in [-0.4, -0.2) is 18.6 Å². The number of pyridine rings is 1. The maximum Gasteiger partial charge on any atom is 0.118 e. The number of ether oxygens (including phenoxy) is 1. The standard InChI is InChI=1S/C15H18N2OS/c1-3-16-11-12-5-4-10-17-15(12)19-14-8-6-13(18-2)7-9-14/h4-10,16H,3,11H2,1-2H3. The van der Waals surface area contributed by atoms with E-state index in [2.05, 4.69) is 35.4 Å². The van der Waals surface area contributed by atoms with E-state index in [1.165, 1.54) is 5.56 Å². The number of aromatic nitrogens is 1. The van der Waals surface area contributed by atoms with E-state index in [0.717, 1.165) is 28.8 Å². The maximum absolute atomic E-state index is 5.16. The van der Waals surface area contributed by atoms with E-state index in [4.69, 9.17) is 4.74 Å². The van der Waals surface area contributed by atoms with Crippen LogP contribution in [0.1, 0.15) is 12.5 Å². The molecule has 0 saturated heterocycles. The van der Waals surface area contributed by atoms with Gasteiger partial charge in [-0.3, -0.25) is 0 Å². The number of nitrogens with one attached hydrogen (secondary N) is 1. The van der Waals surface area contributed by atoms with Gasteiger partial charge in [0.05, 0.1) is 7.11 Å². The van der Waals surface area contributed by atoms with Gasteiger partial charge in [-0.05, 0) is 42.4 Å². The second kappa shape index (κ2) is 7.16. The number of hydrogen-bond donors (Lipinski definition) is 1. The molecule has 0 radical (unpaired) electrons. The van der Waals surface area contributed by atoms with Gasteiger partial charge >= 0.3 is 0 Å². The Labute approximate surface area is 118 Å². The van der Waals surface area contributed by atoms with E-state index < -0.39 is 0 Å². The van der Waals surface area contributed by atoms with Crippen molar-refractivity contribution in [3.05, 3.63) is 48.2 Å². The van der Waals surface area contributed by atoms with Crippen LogP contribution in [0.4, 0.5) is 0 Å². The monoisotopic (exact) mass is 274 g/mol. The van der Waals surface area contributed by atoms with Crippen LogP contribution in [-0.2, 0) is 6.54 Å². The van der Waals surface area contributed by atoms with Gasteiger partial charge in [-0.1, -0.05) is 24.8 Å². The third-order valence-corrected chi connectivity index (χ3v) is 3.76. The van der Waals surface area contributed by atoms with E-state index in [0.29, 0.717) is 0 Å². The lowest BCUT2D eigenvalue weighted by Crippen LogP contribution is -2.12. The molecule has 0 unspecified atom stereocenters. The molecule has 0 aliphatic heterocycles. The fourth-order valence-corrected chi connectivity index (χ4v) is 2.55. The summed E-state index contributed by atoms with van der Waals surface area (Å²) in [5.41, 5.74) is 1.23. The molecule has 3 nitrogen and oxygen atoms in total.